The number of aliphatic imine (C=N–C) groups is 1. The predicted molar refractivity (Wildman–Crippen MR) is 125 cm³/mol. The number of carbonyl (C=O) groups is 1. The number of hydrogen-bond donors (Lipinski definition) is 1. The van der Waals surface area contributed by atoms with Crippen LogP contribution < -0.4 is 15.2 Å². The Balaban J connectivity index is 1.83. The lowest BCUT2D eigenvalue weighted by molar-refractivity contribution is -0.130. The summed E-state index contributed by atoms with van der Waals surface area (Å²) in [5, 5.41) is 0. The number of rotatable bonds is 6. The number of guanidine groups is 1. The van der Waals surface area contributed by atoms with Crippen molar-refractivity contribution in [2.45, 2.75) is 25.9 Å². The summed E-state index contributed by atoms with van der Waals surface area (Å²) < 4.78 is 10.6. The number of hydrogen-bond acceptors (Lipinski definition) is 5. The molecule has 0 radical (unpaired) electrons. The van der Waals surface area contributed by atoms with Gasteiger partial charge in [-0.1, -0.05) is 42.5 Å². The molecule has 0 aliphatic carbocycles. The van der Waals surface area contributed by atoms with Crippen molar-refractivity contribution < 1.29 is 14.3 Å². The Kier molecular flexibility index (Phi) is 5.61. The third-order valence-electron chi connectivity index (χ3n) is 6.09. The van der Waals surface area contributed by atoms with Gasteiger partial charge in [-0.15, -0.1) is 0 Å². The van der Waals surface area contributed by atoms with Crippen molar-refractivity contribution in [3.05, 3.63) is 94.5 Å². The van der Waals surface area contributed by atoms with Crippen LogP contribution >= 0.6 is 0 Å². The van der Waals surface area contributed by atoms with E-state index in [0.717, 1.165) is 27.8 Å². The van der Waals surface area contributed by atoms with Crippen LogP contribution in [0.5, 0.6) is 11.5 Å². The number of benzene rings is 3. The van der Waals surface area contributed by atoms with Crippen LogP contribution in [-0.4, -0.2) is 31.0 Å². The zero-order chi connectivity index (χ0) is 22.9. The first-order valence-electron chi connectivity index (χ1n) is 10.4. The summed E-state index contributed by atoms with van der Waals surface area (Å²) in [5.41, 5.74) is 9.84. The minimum absolute atomic E-state index is 0.187. The first-order chi connectivity index (χ1) is 15.4. The predicted octanol–water partition coefficient (Wildman–Crippen LogP) is 3.92. The number of amides is 1. The van der Waals surface area contributed by atoms with Crippen molar-refractivity contribution >= 4 is 11.9 Å². The summed E-state index contributed by atoms with van der Waals surface area (Å²) in [4.78, 5) is 20.4. The molecule has 0 spiro atoms. The molecule has 1 amide bonds. The van der Waals surface area contributed by atoms with Crippen molar-refractivity contribution in [3.63, 3.8) is 0 Å². The molecule has 0 unspecified atom stereocenters. The maximum atomic E-state index is 14.0. The molecule has 3 aromatic rings. The molecule has 0 fully saturated rings. The van der Waals surface area contributed by atoms with Gasteiger partial charge >= 0.3 is 0 Å². The van der Waals surface area contributed by atoms with Gasteiger partial charge in [0.15, 0.2) is 11.5 Å². The zero-order valence-corrected chi connectivity index (χ0v) is 18.8. The Labute approximate surface area is 188 Å². The molecule has 3 aromatic carbocycles. The summed E-state index contributed by atoms with van der Waals surface area (Å²) in [7, 11) is 3.22. The fraction of sp³-hybridized carbons (Fsp3) is 0.231. The quantitative estimate of drug-likeness (QED) is 0.644. The monoisotopic (exact) mass is 429 g/mol. The summed E-state index contributed by atoms with van der Waals surface area (Å²) in [6, 6.07) is 20.8. The molecule has 0 bridgehead atoms. The third-order valence-corrected chi connectivity index (χ3v) is 6.09. The number of ether oxygens (including phenoxy) is 2. The van der Waals surface area contributed by atoms with Crippen LogP contribution in [0.1, 0.15) is 27.8 Å². The van der Waals surface area contributed by atoms with Crippen LogP contribution in [0.3, 0.4) is 0 Å². The van der Waals surface area contributed by atoms with E-state index < -0.39 is 5.54 Å². The second-order valence-corrected chi connectivity index (χ2v) is 7.90. The lowest BCUT2D eigenvalue weighted by Gasteiger charge is -2.28. The van der Waals surface area contributed by atoms with Crippen molar-refractivity contribution in [2.24, 2.45) is 10.7 Å². The molecule has 164 valence electrons. The molecule has 4 rings (SSSR count). The number of nitrogens with zero attached hydrogens (tertiary/aromatic N) is 2. The average Bonchev–Trinajstić information content (AvgIpc) is 3.07. The minimum Gasteiger partial charge on any atom is -0.497 e. The first kappa shape index (κ1) is 21.4. The van der Waals surface area contributed by atoms with Crippen LogP contribution in [0.2, 0.25) is 0 Å². The fourth-order valence-electron chi connectivity index (χ4n) is 4.20. The second-order valence-electron chi connectivity index (χ2n) is 7.90. The average molecular weight is 430 g/mol. The highest BCUT2D eigenvalue weighted by Gasteiger charge is 2.50. The molecule has 0 saturated heterocycles. The largest absolute Gasteiger partial charge is 0.497 e. The van der Waals surface area contributed by atoms with Gasteiger partial charge in [0.05, 0.1) is 20.8 Å². The van der Waals surface area contributed by atoms with Gasteiger partial charge in [-0.05, 0) is 65.9 Å². The van der Waals surface area contributed by atoms with E-state index in [1.54, 1.807) is 19.1 Å². The number of methoxy groups -OCH3 is 2. The van der Waals surface area contributed by atoms with Crippen molar-refractivity contribution in [1.82, 2.24) is 4.90 Å². The summed E-state index contributed by atoms with van der Waals surface area (Å²) in [6.45, 7) is 4.44. The Hall–Kier alpha value is -3.80. The highest BCUT2D eigenvalue weighted by molar-refractivity contribution is 6.09. The van der Waals surface area contributed by atoms with Crippen molar-refractivity contribution in [2.75, 3.05) is 14.2 Å². The molecular weight excluding hydrogens is 402 g/mol. The normalized spacial score (nSPS) is 14.9. The maximum Gasteiger partial charge on any atom is 0.266 e. The Bertz CT molecular complexity index is 1100. The van der Waals surface area contributed by atoms with Crippen LogP contribution in [0.4, 0.5) is 0 Å². The van der Waals surface area contributed by atoms with Crippen LogP contribution in [0.15, 0.2) is 71.7 Å². The molecule has 6 nitrogen and oxygen atoms in total. The minimum atomic E-state index is -1.28. The molecule has 6 heteroatoms. The van der Waals surface area contributed by atoms with E-state index in [0.29, 0.717) is 18.0 Å². The van der Waals surface area contributed by atoms with E-state index in [1.807, 2.05) is 80.6 Å². The first-order valence-corrected chi connectivity index (χ1v) is 10.4. The fourth-order valence-corrected chi connectivity index (χ4v) is 4.20. The van der Waals surface area contributed by atoms with E-state index in [2.05, 4.69) is 0 Å². The van der Waals surface area contributed by atoms with Crippen LogP contribution in [0.25, 0.3) is 0 Å². The molecule has 1 aliphatic heterocycles. The summed E-state index contributed by atoms with van der Waals surface area (Å²) >= 11 is 0. The lowest BCUT2D eigenvalue weighted by atomic mass is 9.82. The molecular formula is C26H27N3O3. The molecule has 1 aliphatic rings. The molecule has 0 aromatic heterocycles. The van der Waals surface area contributed by atoms with Gasteiger partial charge in [-0.2, -0.15) is 0 Å². The standard InChI is InChI=1S/C26H27N3O3/c1-17-6-5-7-18(2)23(17)16-29-24(30)26(28-25(29)27,19-8-12-21(31-3)13-9-19)20-10-14-22(32-4)15-11-20/h5-15H,16H2,1-4H3,(H2,27,28). The van der Waals surface area contributed by atoms with Gasteiger partial charge in [-0.25, -0.2) is 4.99 Å². The number of aryl methyl sites for hydroxylation is 2. The lowest BCUT2D eigenvalue weighted by Crippen LogP contribution is -2.43. The van der Waals surface area contributed by atoms with E-state index >= 15 is 0 Å². The Morgan fingerprint density at radius 1 is 0.844 bits per heavy atom. The molecule has 0 atom stereocenters. The van der Waals surface area contributed by atoms with E-state index in [4.69, 9.17) is 20.2 Å². The third kappa shape index (κ3) is 3.47. The summed E-state index contributed by atoms with van der Waals surface area (Å²) in [5.74, 6) is 1.42. The van der Waals surface area contributed by atoms with E-state index in [-0.39, 0.29) is 11.9 Å². The Morgan fingerprint density at radius 3 is 1.75 bits per heavy atom. The van der Waals surface area contributed by atoms with Gasteiger partial charge in [0.2, 0.25) is 0 Å². The van der Waals surface area contributed by atoms with Gasteiger partial charge in [0.1, 0.15) is 11.5 Å². The SMILES string of the molecule is COc1ccc(C2(c3ccc(OC)cc3)N=C(N)N(Cc3c(C)cccc3C)C2=O)cc1. The maximum absolute atomic E-state index is 14.0. The van der Waals surface area contributed by atoms with E-state index in [9.17, 15) is 4.79 Å². The topological polar surface area (TPSA) is 77.2 Å². The van der Waals surface area contributed by atoms with Crippen molar-refractivity contribution in [3.8, 4) is 11.5 Å². The van der Waals surface area contributed by atoms with Gasteiger partial charge in [-0.3, -0.25) is 9.69 Å². The molecule has 2 N–H and O–H groups in total. The van der Waals surface area contributed by atoms with Gasteiger partial charge in [0, 0.05) is 0 Å². The smallest absolute Gasteiger partial charge is 0.266 e. The van der Waals surface area contributed by atoms with Gasteiger partial charge < -0.3 is 15.2 Å². The molecule has 32 heavy (non-hydrogen) atoms. The second kappa shape index (κ2) is 8.38. The summed E-state index contributed by atoms with van der Waals surface area (Å²) in [6.07, 6.45) is 0. The van der Waals surface area contributed by atoms with Crippen LogP contribution in [0, 0.1) is 13.8 Å². The van der Waals surface area contributed by atoms with Gasteiger partial charge in [0.25, 0.3) is 5.91 Å². The molecule has 0 saturated carbocycles. The highest BCUT2D eigenvalue weighted by Crippen LogP contribution is 2.41. The highest BCUT2D eigenvalue weighted by atomic mass is 16.5. The molecule has 1 heterocycles. The van der Waals surface area contributed by atoms with Crippen LogP contribution in [-0.2, 0) is 16.9 Å². The van der Waals surface area contributed by atoms with E-state index in [1.165, 1.54) is 0 Å². The number of carbonyl (C=O) groups excluding carboxylic acids is 1. The zero-order valence-electron chi connectivity index (χ0n) is 18.8. The number of nitrogens with two attached hydrogens (primary N) is 1. The Morgan fingerprint density at radius 2 is 1.31 bits per heavy atom. The van der Waals surface area contributed by atoms with Crippen molar-refractivity contribution in [1.29, 1.82) is 0 Å².